The third-order valence-electron chi connectivity index (χ3n) is 3.48. The highest BCUT2D eigenvalue weighted by Gasteiger charge is 2.15. The maximum absolute atomic E-state index is 12.2. The molecule has 3 rings (SSSR count). The predicted octanol–water partition coefficient (Wildman–Crippen LogP) is 3.13. The molecule has 0 atom stereocenters. The van der Waals surface area contributed by atoms with Crippen molar-refractivity contribution < 1.29 is 13.2 Å². The number of hydrogen-bond donors (Lipinski definition) is 3. The van der Waals surface area contributed by atoms with Gasteiger partial charge in [0.2, 0.25) is 10.0 Å². The third kappa shape index (κ3) is 3.37. The first-order chi connectivity index (χ1) is 11.4. The Labute approximate surface area is 139 Å². The summed E-state index contributed by atoms with van der Waals surface area (Å²) in [6, 6.07) is 18.6. The Kier molecular flexibility index (Phi) is 4.20. The van der Waals surface area contributed by atoms with Gasteiger partial charge in [-0.25, -0.2) is 18.4 Å². The monoisotopic (exact) mass is 341 g/mol. The molecule has 6 nitrogen and oxygen atoms in total. The molecule has 0 spiro atoms. The van der Waals surface area contributed by atoms with E-state index in [4.69, 9.17) is 5.14 Å². The molecule has 3 aromatic carbocycles. The highest BCUT2D eigenvalue weighted by molar-refractivity contribution is 7.89. The average molecular weight is 341 g/mol. The second-order valence-electron chi connectivity index (χ2n) is 5.15. The van der Waals surface area contributed by atoms with Gasteiger partial charge in [0.25, 0.3) is 0 Å². The number of nitrogens with one attached hydrogen (secondary N) is 2. The summed E-state index contributed by atoms with van der Waals surface area (Å²) in [6.07, 6.45) is 0. The first kappa shape index (κ1) is 16.0. The zero-order valence-corrected chi connectivity index (χ0v) is 13.4. The molecule has 0 saturated carbocycles. The number of rotatable bonds is 3. The normalized spacial score (nSPS) is 11.2. The second kappa shape index (κ2) is 6.31. The van der Waals surface area contributed by atoms with Crippen molar-refractivity contribution in [1.29, 1.82) is 0 Å². The average Bonchev–Trinajstić information content (AvgIpc) is 2.54. The zero-order valence-electron chi connectivity index (χ0n) is 12.6. The minimum atomic E-state index is -3.93. The number of primary sulfonamides is 1. The minimum absolute atomic E-state index is 0.123. The quantitative estimate of drug-likeness (QED) is 0.682. The van der Waals surface area contributed by atoms with E-state index in [1.807, 2.05) is 36.4 Å². The van der Waals surface area contributed by atoms with Gasteiger partial charge < -0.3 is 10.6 Å². The van der Waals surface area contributed by atoms with Gasteiger partial charge in [0.1, 0.15) is 4.90 Å². The van der Waals surface area contributed by atoms with E-state index in [2.05, 4.69) is 10.6 Å². The maximum atomic E-state index is 12.2. The first-order valence-electron chi connectivity index (χ1n) is 7.13. The molecule has 2 amide bonds. The smallest absolute Gasteiger partial charge is 0.307 e. The molecule has 0 aliphatic rings. The van der Waals surface area contributed by atoms with Crippen molar-refractivity contribution in [2.24, 2.45) is 5.14 Å². The molecule has 122 valence electrons. The number of amides is 2. The molecular weight excluding hydrogens is 326 g/mol. The Morgan fingerprint density at radius 3 is 2.17 bits per heavy atom. The minimum Gasteiger partial charge on any atom is -0.307 e. The van der Waals surface area contributed by atoms with Gasteiger partial charge in [-0.3, -0.25) is 0 Å². The SMILES string of the molecule is NS(=O)(=O)c1ccccc1NC(=O)Nc1cccc2ccccc12. The molecule has 0 saturated heterocycles. The van der Waals surface area contributed by atoms with Crippen LogP contribution < -0.4 is 15.8 Å². The molecule has 0 aromatic heterocycles. The zero-order chi connectivity index (χ0) is 17.2. The van der Waals surface area contributed by atoms with Gasteiger partial charge in [-0.1, -0.05) is 48.5 Å². The molecule has 3 aromatic rings. The van der Waals surface area contributed by atoms with E-state index in [1.165, 1.54) is 18.2 Å². The van der Waals surface area contributed by atoms with Crippen LogP contribution in [-0.2, 0) is 10.0 Å². The number of benzene rings is 3. The van der Waals surface area contributed by atoms with Gasteiger partial charge in [0.15, 0.2) is 0 Å². The molecule has 0 aliphatic carbocycles. The summed E-state index contributed by atoms with van der Waals surface area (Å²) in [5.74, 6) is 0. The van der Waals surface area contributed by atoms with Crippen LogP contribution in [-0.4, -0.2) is 14.4 Å². The Bertz CT molecular complexity index is 1010. The van der Waals surface area contributed by atoms with Gasteiger partial charge in [-0.15, -0.1) is 0 Å². The molecule has 0 bridgehead atoms. The van der Waals surface area contributed by atoms with Crippen molar-refractivity contribution in [2.45, 2.75) is 4.90 Å². The number of carbonyl (C=O) groups excluding carboxylic acids is 1. The van der Waals surface area contributed by atoms with Gasteiger partial charge in [-0.2, -0.15) is 0 Å². The van der Waals surface area contributed by atoms with Crippen LogP contribution in [0.3, 0.4) is 0 Å². The van der Waals surface area contributed by atoms with Crippen molar-refractivity contribution in [3.8, 4) is 0 Å². The van der Waals surface area contributed by atoms with E-state index >= 15 is 0 Å². The summed E-state index contributed by atoms with van der Waals surface area (Å²) < 4.78 is 23.1. The summed E-state index contributed by atoms with van der Waals surface area (Å²) in [5.41, 5.74) is 0.747. The third-order valence-corrected chi connectivity index (χ3v) is 4.45. The lowest BCUT2D eigenvalue weighted by Crippen LogP contribution is -2.22. The van der Waals surface area contributed by atoms with Gasteiger partial charge in [0, 0.05) is 5.39 Å². The molecule has 4 N–H and O–H groups in total. The van der Waals surface area contributed by atoms with Crippen LogP contribution in [0.2, 0.25) is 0 Å². The molecule has 0 radical (unpaired) electrons. The molecular formula is C17H15N3O3S. The van der Waals surface area contributed by atoms with Crippen LogP contribution in [0.1, 0.15) is 0 Å². The molecule has 0 aliphatic heterocycles. The Morgan fingerprint density at radius 2 is 1.38 bits per heavy atom. The standard InChI is InChI=1S/C17H15N3O3S/c18-24(22,23)16-11-4-3-9-15(16)20-17(21)19-14-10-5-7-12-6-1-2-8-13(12)14/h1-11H,(H2,18,22,23)(H2,19,20,21). The number of fused-ring (bicyclic) bond motifs is 1. The largest absolute Gasteiger partial charge is 0.323 e. The molecule has 0 heterocycles. The molecule has 0 fully saturated rings. The fraction of sp³-hybridized carbons (Fsp3) is 0. The number of para-hydroxylation sites is 1. The number of hydrogen-bond acceptors (Lipinski definition) is 3. The van der Waals surface area contributed by atoms with Gasteiger partial charge >= 0.3 is 6.03 Å². The van der Waals surface area contributed by atoms with Crippen molar-refractivity contribution in [3.05, 3.63) is 66.7 Å². The Morgan fingerprint density at radius 1 is 0.792 bits per heavy atom. The molecule has 7 heteroatoms. The van der Waals surface area contributed by atoms with E-state index in [9.17, 15) is 13.2 Å². The van der Waals surface area contributed by atoms with E-state index in [1.54, 1.807) is 12.1 Å². The van der Waals surface area contributed by atoms with E-state index in [0.717, 1.165) is 10.8 Å². The van der Waals surface area contributed by atoms with Crippen LogP contribution in [0.25, 0.3) is 10.8 Å². The lowest BCUT2D eigenvalue weighted by molar-refractivity contribution is 0.262. The summed E-state index contributed by atoms with van der Waals surface area (Å²) in [6.45, 7) is 0. The van der Waals surface area contributed by atoms with E-state index in [-0.39, 0.29) is 10.6 Å². The summed E-state index contributed by atoms with van der Waals surface area (Å²) >= 11 is 0. The van der Waals surface area contributed by atoms with E-state index < -0.39 is 16.1 Å². The fourth-order valence-corrected chi connectivity index (χ4v) is 3.12. The fourth-order valence-electron chi connectivity index (χ4n) is 2.43. The highest BCUT2D eigenvalue weighted by Crippen LogP contribution is 2.24. The molecule has 24 heavy (non-hydrogen) atoms. The number of urea groups is 1. The Balaban J connectivity index is 1.87. The van der Waals surface area contributed by atoms with Gasteiger partial charge in [0.05, 0.1) is 11.4 Å². The Hall–Kier alpha value is -2.90. The van der Waals surface area contributed by atoms with Crippen LogP contribution >= 0.6 is 0 Å². The van der Waals surface area contributed by atoms with Gasteiger partial charge in [-0.05, 0) is 23.6 Å². The van der Waals surface area contributed by atoms with Crippen LogP contribution in [0.5, 0.6) is 0 Å². The number of anilines is 2. The highest BCUT2D eigenvalue weighted by atomic mass is 32.2. The van der Waals surface area contributed by atoms with Crippen molar-refractivity contribution >= 4 is 38.2 Å². The summed E-state index contributed by atoms with van der Waals surface area (Å²) in [4.78, 5) is 12.1. The first-order valence-corrected chi connectivity index (χ1v) is 8.67. The predicted molar refractivity (Wildman–Crippen MR) is 94.4 cm³/mol. The lowest BCUT2D eigenvalue weighted by atomic mass is 10.1. The topological polar surface area (TPSA) is 101 Å². The summed E-state index contributed by atoms with van der Waals surface area (Å²) in [5, 5.41) is 12.3. The van der Waals surface area contributed by atoms with Crippen molar-refractivity contribution in [1.82, 2.24) is 0 Å². The number of nitrogens with two attached hydrogens (primary N) is 1. The molecule has 0 unspecified atom stereocenters. The van der Waals surface area contributed by atoms with Crippen LogP contribution in [0, 0.1) is 0 Å². The van der Waals surface area contributed by atoms with Crippen molar-refractivity contribution in [2.75, 3.05) is 10.6 Å². The van der Waals surface area contributed by atoms with Crippen molar-refractivity contribution in [3.63, 3.8) is 0 Å². The second-order valence-corrected chi connectivity index (χ2v) is 6.68. The van der Waals surface area contributed by atoms with E-state index in [0.29, 0.717) is 5.69 Å². The van der Waals surface area contributed by atoms with Crippen LogP contribution in [0.15, 0.2) is 71.6 Å². The summed E-state index contributed by atoms with van der Waals surface area (Å²) in [7, 11) is -3.93. The number of sulfonamides is 1. The number of carbonyl (C=O) groups is 1. The maximum Gasteiger partial charge on any atom is 0.323 e. The van der Waals surface area contributed by atoms with Crippen LogP contribution in [0.4, 0.5) is 16.2 Å². The lowest BCUT2D eigenvalue weighted by Gasteiger charge is -2.12.